The monoisotopic (exact) mass is 400 g/mol. The lowest BCUT2D eigenvalue weighted by atomic mass is 10.2. The number of morpholine rings is 1. The molecule has 2 N–H and O–H groups in total. The van der Waals surface area contributed by atoms with Gasteiger partial charge in [-0.15, -0.1) is 0 Å². The molecule has 1 fully saturated rings. The number of hydrogen-bond donors (Lipinski definition) is 1. The van der Waals surface area contributed by atoms with Gasteiger partial charge in [0.1, 0.15) is 5.69 Å². The number of benzene rings is 1. The smallest absolute Gasteiger partial charge is 0.274 e. The summed E-state index contributed by atoms with van der Waals surface area (Å²) in [5, 5.41) is 5.07. The summed E-state index contributed by atoms with van der Waals surface area (Å²) in [4.78, 5) is 25.9. The number of nitrogens with zero attached hydrogens (tertiary/aromatic N) is 3. The second-order valence-corrected chi connectivity index (χ2v) is 6.73. The first kappa shape index (κ1) is 18.3. The maximum Gasteiger partial charge on any atom is 0.274 e. The van der Waals surface area contributed by atoms with E-state index in [0.29, 0.717) is 23.0 Å². The van der Waals surface area contributed by atoms with E-state index in [4.69, 9.17) is 26.5 Å². The van der Waals surface area contributed by atoms with Crippen molar-refractivity contribution in [3.05, 3.63) is 59.4 Å². The molecule has 0 bridgehead atoms. The first-order valence-corrected chi connectivity index (χ1v) is 9.01. The molecule has 1 aliphatic rings. The third kappa shape index (κ3) is 3.51. The number of nitrogens with two attached hydrogens (primary N) is 1. The Morgan fingerprint density at radius 2 is 2.00 bits per heavy atom. The zero-order valence-corrected chi connectivity index (χ0v) is 15.5. The summed E-state index contributed by atoms with van der Waals surface area (Å²) in [6.07, 6.45) is 0.732. The van der Waals surface area contributed by atoms with Gasteiger partial charge in [0.25, 0.3) is 5.91 Å². The second kappa shape index (κ2) is 7.49. The van der Waals surface area contributed by atoms with E-state index in [1.165, 1.54) is 4.90 Å². The molecule has 1 aromatic carbocycles. The number of carbonyl (C=O) groups excluding carboxylic acids is 2. The van der Waals surface area contributed by atoms with Crippen LogP contribution in [0.4, 0.5) is 0 Å². The average Bonchev–Trinajstić information content (AvgIpc) is 3.38. The quantitative estimate of drug-likeness (QED) is 0.722. The van der Waals surface area contributed by atoms with Crippen LogP contribution in [0.25, 0.3) is 17.1 Å². The molecule has 1 unspecified atom stereocenters. The minimum Gasteiger partial charge on any atom is -0.463 e. The third-order valence-corrected chi connectivity index (χ3v) is 4.70. The number of rotatable bonds is 4. The van der Waals surface area contributed by atoms with Crippen LogP contribution in [0.15, 0.2) is 53.1 Å². The Morgan fingerprint density at radius 3 is 2.68 bits per heavy atom. The van der Waals surface area contributed by atoms with Crippen LogP contribution in [0, 0.1) is 0 Å². The van der Waals surface area contributed by atoms with Gasteiger partial charge in [-0.05, 0) is 36.4 Å². The van der Waals surface area contributed by atoms with E-state index in [-0.39, 0.29) is 24.8 Å². The van der Waals surface area contributed by atoms with Gasteiger partial charge < -0.3 is 19.8 Å². The predicted octanol–water partition coefficient (Wildman–Crippen LogP) is 2.11. The molecule has 1 atom stereocenters. The number of aromatic nitrogens is 2. The number of furan rings is 1. The predicted molar refractivity (Wildman–Crippen MR) is 101 cm³/mol. The second-order valence-electron chi connectivity index (χ2n) is 6.29. The van der Waals surface area contributed by atoms with Gasteiger partial charge in [-0.1, -0.05) is 11.6 Å². The maximum atomic E-state index is 13.0. The first-order valence-electron chi connectivity index (χ1n) is 8.63. The zero-order valence-electron chi connectivity index (χ0n) is 14.7. The van der Waals surface area contributed by atoms with Crippen molar-refractivity contribution in [2.24, 2.45) is 5.73 Å². The molecule has 1 saturated heterocycles. The van der Waals surface area contributed by atoms with Gasteiger partial charge in [0.05, 0.1) is 25.1 Å². The van der Waals surface area contributed by atoms with Gasteiger partial charge in [0.2, 0.25) is 5.91 Å². The minimum absolute atomic E-state index is 0.0953. The van der Waals surface area contributed by atoms with Gasteiger partial charge in [0, 0.05) is 17.6 Å². The Morgan fingerprint density at radius 1 is 1.21 bits per heavy atom. The fourth-order valence-electron chi connectivity index (χ4n) is 3.03. The van der Waals surface area contributed by atoms with Gasteiger partial charge in [-0.3, -0.25) is 9.59 Å². The zero-order chi connectivity index (χ0) is 19.7. The Balaban J connectivity index is 1.70. The van der Waals surface area contributed by atoms with Gasteiger partial charge >= 0.3 is 0 Å². The highest BCUT2D eigenvalue weighted by molar-refractivity contribution is 6.30. The molecule has 2 amide bonds. The minimum atomic E-state index is -0.819. The van der Waals surface area contributed by atoms with Crippen molar-refractivity contribution in [1.29, 1.82) is 0 Å². The van der Waals surface area contributed by atoms with Crippen molar-refractivity contribution in [1.82, 2.24) is 14.7 Å². The lowest BCUT2D eigenvalue weighted by Crippen LogP contribution is -2.50. The number of ether oxygens (including phenoxy) is 1. The van der Waals surface area contributed by atoms with E-state index in [1.54, 1.807) is 53.4 Å². The number of primary amides is 1. The molecule has 144 valence electrons. The molecule has 1 aliphatic heterocycles. The molecule has 9 heteroatoms. The lowest BCUT2D eigenvalue weighted by Gasteiger charge is -2.30. The summed E-state index contributed by atoms with van der Waals surface area (Å²) in [6, 6.07) is 12.3. The van der Waals surface area contributed by atoms with Crippen molar-refractivity contribution in [2.45, 2.75) is 6.10 Å². The largest absolute Gasteiger partial charge is 0.463 e. The molecule has 0 aliphatic carbocycles. The van der Waals surface area contributed by atoms with Crippen molar-refractivity contribution in [3.63, 3.8) is 0 Å². The molecule has 0 radical (unpaired) electrons. The molecule has 0 spiro atoms. The summed E-state index contributed by atoms with van der Waals surface area (Å²) in [7, 11) is 0. The van der Waals surface area contributed by atoms with Crippen LogP contribution in [0.5, 0.6) is 0 Å². The standard InChI is InChI=1S/C19H17ClN4O4/c20-12-3-5-13(6-4-12)24-15(16-2-1-8-27-16)10-14(22-24)19(26)23-7-9-28-17(11-23)18(21)25/h1-6,8,10,17H,7,9,11H2,(H2,21,25). The van der Waals surface area contributed by atoms with E-state index >= 15 is 0 Å². The van der Waals surface area contributed by atoms with Crippen LogP contribution in [0.2, 0.25) is 5.02 Å². The molecule has 0 saturated carbocycles. The maximum absolute atomic E-state index is 13.0. The Labute approximate surface area is 165 Å². The van der Waals surface area contributed by atoms with Gasteiger partial charge in [-0.2, -0.15) is 5.10 Å². The van der Waals surface area contributed by atoms with E-state index in [2.05, 4.69) is 5.10 Å². The van der Waals surface area contributed by atoms with E-state index < -0.39 is 12.0 Å². The van der Waals surface area contributed by atoms with Crippen LogP contribution < -0.4 is 5.73 Å². The molecule has 28 heavy (non-hydrogen) atoms. The van der Waals surface area contributed by atoms with Crippen molar-refractivity contribution in [3.8, 4) is 17.1 Å². The number of carbonyl (C=O) groups is 2. The van der Waals surface area contributed by atoms with Crippen LogP contribution in [-0.2, 0) is 9.53 Å². The number of amides is 2. The SMILES string of the molecule is NC(=O)C1CN(C(=O)c2cc(-c3ccco3)n(-c3ccc(Cl)cc3)n2)CCO1. The summed E-state index contributed by atoms with van der Waals surface area (Å²) in [5.74, 6) is -0.339. The highest BCUT2D eigenvalue weighted by Crippen LogP contribution is 2.26. The van der Waals surface area contributed by atoms with E-state index in [9.17, 15) is 9.59 Å². The first-order chi connectivity index (χ1) is 13.5. The van der Waals surface area contributed by atoms with Crippen molar-refractivity contribution < 1.29 is 18.7 Å². The fourth-order valence-corrected chi connectivity index (χ4v) is 3.16. The molecule has 3 heterocycles. The molecular weight excluding hydrogens is 384 g/mol. The summed E-state index contributed by atoms with van der Waals surface area (Å²) >= 11 is 5.98. The molecule has 4 rings (SSSR count). The third-order valence-electron chi connectivity index (χ3n) is 4.44. The Hall–Kier alpha value is -3.10. The number of halogens is 1. The molecule has 2 aromatic heterocycles. The van der Waals surface area contributed by atoms with Crippen LogP contribution >= 0.6 is 11.6 Å². The Bertz CT molecular complexity index is 998. The van der Waals surface area contributed by atoms with Crippen molar-refractivity contribution in [2.75, 3.05) is 19.7 Å². The van der Waals surface area contributed by atoms with Crippen LogP contribution in [0.3, 0.4) is 0 Å². The van der Waals surface area contributed by atoms with E-state index in [1.807, 2.05) is 0 Å². The fraction of sp³-hybridized carbons (Fsp3) is 0.211. The topological polar surface area (TPSA) is 104 Å². The molecule has 8 nitrogen and oxygen atoms in total. The average molecular weight is 401 g/mol. The number of hydrogen-bond acceptors (Lipinski definition) is 5. The summed E-state index contributed by atoms with van der Waals surface area (Å²) < 4.78 is 12.4. The highest BCUT2D eigenvalue weighted by atomic mass is 35.5. The van der Waals surface area contributed by atoms with Crippen molar-refractivity contribution >= 4 is 23.4 Å². The summed E-state index contributed by atoms with van der Waals surface area (Å²) in [6.45, 7) is 0.687. The van der Waals surface area contributed by atoms with Gasteiger partial charge in [0.15, 0.2) is 17.6 Å². The summed E-state index contributed by atoms with van der Waals surface area (Å²) in [5.41, 5.74) is 6.88. The van der Waals surface area contributed by atoms with Gasteiger partial charge in [-0.25, -0.2) is 4.68 Å². The Kier molecular flexibility index (Phi) is 4.89. The lowest BCUT2D eigenvalue weighted by molar-refractivity contribution is -0.133. The van der Waals surface area contributed by atoms with Crippen LogP contribution in [-0.4, -0.2) is 52.3 Å². The molecular formula is C19H17ClN4O4. The highest BCUT2D eigenvalue weighted by Gasteiger charge is 2.30. The molecule has 3 aromatic rings. The van der Waals surface area contributed by atoms with E-state index in [0.717, 1.165) is 5.69 Å². The van der Waals surface area contributed by atoms with Crippen LogP contribution in [0.1, 0.15) is 10.5 Å². The normalized spacial score (nSPS) is 16.9.